The number of para-hydroxylation sites is 1. The maximum absolute atomic E-state index is 12.5. The third-order valence-corrected chi connectivity index (χ3v) is 8.33. The van der Waals surface area contributed by atoms with Gasteiger partial charge in [-0.3, -0.25) is 9.79 Å². The van der Waals surface area contributed by atoms with Gasteiger partial charge in [0, 0.05) is 5.69 Å². The molecule has 0 spiro atoms. The lowest BCUT2D eigenvalue weighted by Gasteiger charge is -2.26. The number of carbonyl (C=O) groups is 1. The van der Waals surface area contributed by atoms with Gasteiger partial charge >= 0.3 is 5.97 Å². The maximum Gasteiger partial charge on any atom is 0.337 e. The summed E-state index contributed by atoms with van der Waals surface area (Å²) in [5.41, 5.74) is 1.28. The zero-order valence-corrected chi connectivity index (χ0v) is 19.2. The molecule has 1 saturated heterocycles. The normalized spacial score (nSPS) is 21.1. The summed E-state index contributed by atoms with van der Waals surface area (Å²) in [5.74, 6) is 0.339. The van der Waals surface area contributed by atoms with E-state index in [2.05, 4.69) is 9.97 Å². The number of carbonyl (C=O) groups excluding carboxylic acids is 1. The maximum atomic E-state index is 12.5. The molecule has 0 saturated carbocycles. The van der Waals surface area contributed by atoms with Crippen LogP contribution in [0.4, 0.5) is 5.69 Å². The van der Waals surface area contributed by atoms with Gasteiger partial charge < -0.3 is 14.6 Å². The molecule has 0 radical (unpaired) electrons. The number of H-pyrrole nitrogens is 1. The molecule has 0 aliphatic carbocycles. The second-order valence-corrected chi connectivity index (χ2v) is 10.9. The number of hydrogen-bond donors (Lipinski definition) is 1. The second-order valence-electron chi connectivity index (χ2n) is 7.85. The molecule has 0 unspecified atom stereocenters. The van der Waals surface area contributed by atoms with E-state index in [4.69, 9.17) is 9.73 Å². The number of anilines is 1. The highest BCUT2D eigenvalue weighted by atomic mass is 32.2. The van der Waals surface area contributed by atoms with E-state index in [9.17, 15) is 18.0 Å². The van der Waals surface area contributed by atoms with Crippen molar-refractivity contribution in [2.75, 3.05) is 23.5 Å². The summed E-state index contributed by atoms with van der Waals surface area (Å²) >= 11 is 1.39. The lowest BCUT2D eigenvalue weighted by Crippen LogP contribution is -2.39. The highest BCUT2D eigenvalue weighted by Gasteiger charge is 2.47. The van der Waals surface area contributed by atoms with Gasteiger partial charge in [0.2, 0.25) is 0 Å². The molecule has 1 fully saturated rings. The summed E-state index contributed by atoms with van der Waals surface area (Å²) in [6, 6.07) is 13.6. The number of aromatic nitrogens is 2. The predicted octanol–water partition coefficient (Wildman–Crippen LogP) is 1.98. The number of thioether (sulfide) groups is 1. The molecule has 2 aliphatic heterocycles. The number of ether oxygens (including phenoxy) is 1. The Morgan fingerprint density at radius 2 is 2.00 bits per heavy atom. The molecule has 5 rings (SSSR count). The Morgan fingerprint density at radius 3 is 2.76 bits per heavy atom. The van der Waals surface area contributed by atoms with Gasteiger partial charge in [-0.05, 0) is 30.3 Å². The Kier molecular flexibility index (Phi) is 5.45. The first-order valence-corrected chi connectivity index (χ1v) is 13.0. The molecular formula is C22H20N4O5S2. The minimum absolute atomic E-state index is 0.0341. The topological polar surface area (TPSA) is 122 Å². The molecular weight excluding hydrogens is 464 g/mol. The van der Waals surface area contributed by atoms with Crippen LogP contribution in [0.5, 0.6) is 0 Å². The Labute approximate surface area is 193 Å². The number of amidine groups is 1. The van der Waals surface area contributed by atoms with Crippen molar-refractivity contribution in [2.45, 2.75) is 17.8 Å². The van der Waals surface area contributed by atoms with Crippen LogP contribution in [0.2, 0.25) is 0 Å². The van der Waals surface area contributed by atoms with Crippen LogP contribution in [0.15, 0.2) is 58.3 Å². The number of aliphatic imine (C=N–C) groups is 1. The number of sulfone groups is 1. The first-order chi connectivity index (χ1) is 15.8. The van der Waals surface area contributed by atoms with Gasteiger partial charge in [-0.1, -0.05) is 30.0 Å². The van der Waals surface area contributed by atoms with E-state index in [0.717, 1.165) is 5.69 Å². The summed E-state index contributed by atoms with van der Waals surface area (Å²) in [7, 11) is -1.84. The van der Waals surface area contributed by atoms with Crippen LogP contribution in [0.3, 0.4) is 0 Å². The average molecular weight is 485 g/mol. The van der Waals surface area contributed by atoms with Crippen LogP contribution in [0.1, 0.15) is 16.2 Å². The summed E-state index contributed by atoms with van der Waals surface area (Å²) in [5, 5.41) is 1.07. The lowest BCUT2D eigenvalue weighted by molar-refractivity contribution is 0.0601. The van der Waals surface area contributed by atoms with E-state index < -0.39 is 15.8 Å². The quantitative estimate of drug-likeness (QED) is 0.558. The van der Waals surface area contributed by atoms with Crippen LogP contribution in [-0.4, -0.2) is 60.2 Å². The Morgan fingerprint density at radius 1 is 1.21 bits per heavy atom. The van der Waals surface area contributed by atoms with Crippen molar-refractivity contribution in [2.24, 2.45) is 4.99 Å². The minimum atomic E-state index is -3.14. The molecule has 2 aromatic carbocycles. The van der Waals surface area contributed by atoms with E-state index in [1.807, 2.05) is 35.2 Å². The number of esters is 1. The molecule has 1 N–H and O–H groups in total. The van der Waals surface area contributed by atoms with Crippen molar-refractivity contribution < 1.29 is 17.9 Å². The number of rotatable bonds is 4. The molecule has 9 nitrogen and oxygen atoms in total. The van der Waals surface area contributed by atoms with Crippen LogP contribution >= 0.6 is 11.8 Å². The first-order valence-electron chi connectivity index (χ1n) is 10.2. The molecule has 33 heavy (non-hydrogen) atoms. The summed E-state index contributed by atoms with van der Waals surface area (Å²) in [4.78, 5) is 38.3. The fourth-order valence-electron chi connectivity index (χ4n) is 4.16. The van der Waals surface area contributed by atoms with E-state index in [1.165, 1.54) is 31.0 Å². The van der Waals surface area contributed by atoms with Crippen molar-refractivity contribution in [1.82, 2.24) is 9.97 Å². The monoisotopic (exact) mass is 484 g/mol. The van der Waals surface area contributed by atoms with Gasteiger partial charge in [-0.15, -0.1) is 0 Å². The summed E-state index contributed by atoms with van der Waals surface area (Å²) in [6.45, 7) is 0. The molecule has 3 heterocycles. The Bertz CT molecular complexity index is 1440. The molecule has 0 amide bonds. The fourth-order valence-corrected chi connectivity index (χ4v) is 6.99. The van der Waals surface area contributed by atoms with E-state index >= 15 is 0 Å². The zero-order chi connectivity index (χ0) is 23.2. The average Bonchev–Trinajstić information content (AvgIpc) is 3.28. The third kappa shape index (κ3) is 4.13. The fraction of sp³-hybridized carbons (Fsp3) is 0.273. The Hall–Kier alpha value is -3.18. The molecule has 2 atom stereocenters. The smallest absolute Gasteiger partial charge is 0.337 e. The molecule has 1 aromatic heterocycles. The van der Waals surface area contributed by atoms with Crippen molar-refractivity contribution in [3.05, 3.63) is 70.3 Å². The van der Waals surface area contributed by atoms with Crippen LogP contribution in [0.25, 0.3) is 10.9 Å². The number of methoxy groups -OCH3 is 1. The van der Waals surface area contributed by atoms with Crippen molar-refractivity contribution in [1.29, 1.82) is 0 Å². The third-order valence-electron chi connectivity index (χ3n) is 5.66. The Balaban J connectivity index is 1.44. The summed E-state index contributed by atoms with van der Waals surface area (Å²) in [6.07, 6.45) is 0. The zero-order valence-electron chi connectivity index (χ0n) is 17.6. The summed E-state index contributed by atoms with van der Waals surface area (Å²) < 4.78 is 29.1. The first kappa shape index (κ1) is 21.7. The van der Waals surface area contributed by atoms with Crippen molar-refractivity contribution in [3.63, 3.8) is 0 Å². The molecule has 170 valence electrons. The lowest BCUT2D eigenvalue weighted by atomic mass is 10.1. The molecule has 11 heteroatoms. The van der Waals surface area contributed by atoms with Gasteiger partial charge in [0.25, 0.3) is 5.56 Å². The number of aromatic amines is 1. The van der Waals surface area contributed by atoms with E-state index in [1.54, 1.807) is 6.07 Å². The number of benzene rings is 2. The predicted molar refractivity (Wildman–Crippen MR) is 128 cm³/mol. The van der Waals surface area contributed by atoms with E-state index in [0.29, 0.717) is 33.2 Å². The number of hydrogen-bond acceptors (Lipinski definition) is 9. The van der Waals surface area contributed by atoms with Gasteiger partial charge in [0.1, 0.15) is 5.82 Å². The molecule has 2 aliphatic rings. The van der Waals surface area contributed by atoms with Gasteiger partial charge in [-0.25, -0.2) is 18.2 Å². The highest BCUT2D eigenvalue weighted by Crippen LogP contribution is 2.35. The largest absolute Gasteiger partial charge is 0.465 e. The number of nitrogens with zero attached hydrogens (tertiary/aromatic N) is 3. The number of nitrogens with one attached hydrogen (secondary N) is 1. The molecule has 0 bridgehead atoms. The highest BCUT2D eigenvalue weighted by molar-refractivity contribution is 8.13. The standard InChI is InChI=1S/C22H20N4O5S2/c1-31-21(28)13-7-8-15-16(9-13)23-19(25-20(15)27)10-32-22-24-17-11-33(29,30)12-18(17)26(22)14-5-3-2-4-6-14/h2-9,17-18H,10-12H2,1H3,(H,23,25,27)/t17-,18-/m0/s1. The van der Waals surface area contributed by atoms with Gasteiger partial charge in [0.15, 0.2) is 15.0 Å². The van der Waals surface area contributed by atoms with Gasteiger partial charge in [-0.2, -0.15) is 0 Å². The second kappa shape index (κ2) is 8.31. The van der Waals surface area contributed by atoms with Gasteiger partial charge in [0.05, 0.1) is 52.9 Å². The van der Waals surface area contributed by atoms with Crippen molar-refractivity contribution in [3.8, 4) is 0 Å². The SMILES string of the molecule is COC(=O)c1ccc2c(=O)[nH]c(CSC3=N[C@H]4CS(=O)(=O)C[C@@H]4N3c3ccccc3)nc2c1. The molecule has 3 aromatic rings. The van der Waals surface area contributed by atoms with Crippen LogP contribution in [0, 0.1) is 0 Å². The van der Waals surface area contributed by atoms with Crippen LogP contribution < -0.4 is 10.5 Å². The minimum Gasteiger partial charge on any atom is -0.465 e. The van der Waals surface area contributed by atoms with E-state index in [-0.39, 0.29) is 29.1 Å². The van der Waals surface area contributed by atoms with Crippen LogP contribution in [-0.2, 0) is 20.3 Å². The number of fused-ring (bicyclic) bond motifs is 2. The van der Waals surface area contributed by atoms with Crippen molar-refractivity contribution >= 4 is 49.3 Å².